The lowest BCUT2D eigenvalue weighted by Crippen LogP contribution is -2.30. The van der Waals surface area contributed by atoms with Crippen molar-refractivity contribution in [2.45, 2.75) is 45.8 Å². The number of amides is 1. The third-order valence-corrected chi connectivity index (χ3v) is 3.14. The summed E-state index contributed by atoms with van der Waals surface area (Å²) in [6.07, 6.45) is -5.61. The van der Waals surface area contributed by atoms with E-state index in [-0.39, 0.29) is 12.6 Å². The molecular formula is C13H18ClF4N3O2. The van der Waals surface area contributed by atoms with Crippen molar-refractivity contribution in [1.29, 1.82) is 0 Å². The highest BCUT2D eigenvalue weighted by atomic mass is 35.5. The van der Waals surface area contributed by atoms with E-state index >= 15 is 0 Å². The summed E-state index contributed by atoms with van der Waals surface area (Å²) in [4.78, 5) is 11.7. The highest BCUT2D eigenvalue weighted by molar-refractivity contribution is 6.32. The van der Waals surface area contributed by atoms with E-state index in [1.165, 1.54) is 0 Å². The van der Waals surface area contributed by atoms with Gasteiger partial charge in [0.05, 0.1) is 11.1 Å². The Morgan fingerprint density at radius 3 is 2.48 bits per heavy atom. The Kier molecular flexibility index (Phi) is 7.77. The molecule has 0 fully saturated rings. The molecule has 132 valence electrons. The molecule has 1 rings (SSSR count). The fourth-order valence-corrected chi connectivity index (χ4v) is 2.05. The first-order valence-corrected chi connectivity index (χ1v) is 7.32. The lowest BCUT2D eigenvalue weighted by Gasteiger charge is -2.09. The number of rotatable bonds is 9. The number of carbonyl (C=O) groups excluding carboxylic acids is 1. The van der Waals surface area contributed by atoms with Crippen LogP contribution in [0.2, 0.25) is 5.02 Å². The second kappa shape index (κ2) is 9.07. The van der Waals surface area contributed by atoms with Crippen LogP contribution in [0.25, 0.3) is 0 Å². The molecule has 5 nitrogen and oxygen atoms in total. The van der Waals surface area contributed by atoms with Gasteiger partial charge in [-0.05, 0) is 20.3 Å². The van der Waals surface area contributed by atoms with Crippen LogP contribution in [-0.4, -0.2) is 34.9 Å². The quantitative estimate of drug-likeness (QED) is 0.543. The molecule has 0 unspecified atom stereocenters. The van der Waals surface area contributed by atoms with Crippen molar-refractivity contribution in [3.8, 4) is 0 Å². The molecule has 0 aliphatic rings. The zero-order valence-electron chi connectivity index (χ0n) is 12.7. The molecule has 1 aromatic rings. The smallest absolute Gasteiger partial charge is 0.283 e. The number of alkyl halides is 4. The minimum atomic E-state index is -3.12. The molecule has 23 heavy (non-hydrogen) atoms. The fourth-order valence-electron chi connectivity index (χ4n) is 1.75. The average molecular weight is 360 g/mol. The summed E-state index contributed by atoms with van der Waals surface area (Å²) in [5, 5.41) is 4.97. The van der Waals surface area contributed by atoms with Crippen molar-refractivity contribution < 1.29 is 27.1 Å². The molecule has 1 aromatic heterocycles. The standard InChI is InChI=1S/C13H18ClF4N3O2/c1-7(2)23-5-3-4-19-8(22)6-21-11(13(17)18)9(14)10(20-21)12(15)16/h7,12-13H,3-6H2,1-2H3,(H,19,22). The first-order chi connectivity index (χ1) is 10.7. The zero-order valence-corrected chi connectivity index (χ0v) is 13.4. The second-order valence-electron chi connectivity index (χ2n) is 4.97. The van der Waals surface area contributed by atoms with Gasteiger partial charge in [-0.25, -0.2) is 17.6 Å². The van der Waals surface area contributed by atoms with E-state index in [4.69, 9.17) is 16.3 Å². The Labute approximate surface area is 135 Å². The van der Waals surface area contributed by atoms with Crippen LogP contribution in [0.15, 0.2) is 0 Å². The van der Waals surface area contributed by atoms with Crippen molar-refractivity contribution in [2.24, 2.45) is 0 Å². The van der Waals surface area contributed by atoms with E-state index in [0.717, 1.165) is 0 Å². The maximum atomic E-state index is 12.9. The lowest BCUT2D eigenvalue weighted by atomic mass is 10.3. The summed E-state index contributed by atoms with van der Waals surface area (Å²) >= 11 is 5.49. The highest BCUT2D eigenvalue weighted by Gasteiger charge is 2.28. The first kappa shape index (κ1) is 19.7. The van der Waals surface area contributed by atoms with E-state index in [2.05, 4.69) is 10.4 Å². The number of carbonyl (C=O) groups is 1. The van der Waals surface area contributed by atoms with Crippen LogP contribution in [0, 0.1) is 0 Å². The molecule has 10 heteroatoms. The number of ether oxygens (including phenoxy) is 1. The number of hydrogen-bond donors (Lipinski definition) is 1. The van der Waals surface area contributed by atoms with Gasteiger partial charge in [0.15, 0.2) is 0 Å². The van der Waals surface area contributed by atoms with Gasteiger partial charge in [0.1, 0.15) is 17.9 Å². The Balaban J connectivity index is 2.62. The van der Waals surface area contributed by atoms with Gasteiger partial charge in [0.25, 0.3) is 12.9 Å². The van der Waals surface area contributed by atoms with Gasteiger partial charge in [-0.3, -0.25) is 9.48 Å². The number of nitrogens with one attached hydrogen (secondary N) is 1. The maximum Gasteiger partial charge on any atom is 0.283 e. The fraction of sp³-hybridized carbons (Fsp3) is 0.692. The van der Waals surface area contributed by atoms with E-state index in [1.807, 2.05) is 13.8 Å². The van der Waals surface area contributed by atoms with Crippen LogP contribution in [0.1, 0.15) is 44.5 Å². The van der Waals surface area contributed by atoms with Crippen LogP contribution in [0.4, 0.5) is 17.6 Å². The zero-order chi connectivity index (χ0) is 17.6. The van der Waals surface area contributed by atoms with Gasteiger partial charge in [-0.15, -0.1) is 0 Å². The number of nitrogens with zero attached hydrogens (tertiary/aromatic N) is 2. The first-order valence-electron chi connectivity index (χ1n) is 6.94. The predicted octanol–water partition coefficient (Wildman–Crippen LogP) is 3.34. The maximum absolute atomic E-state index is 12.9. The van der Waals surface area contributed by atoms with Crippen molar-refractivity contribution in [3.05, 3.63) is 16.4 Å². The van der Waals surface area contributed by atoms with Crippen molar-refractivity contribution in [2.75, 3.05) is 13.2 Å². The molecule has 1 amide bonds. The van der Waals surface area contributed by atoms with Crippen molar-refractivity contribution >= 4 is 17.5 Å². The third-order valence-electron chi connectivity index (χ3n) is 2.76. The van der Waals surface area contributed by atoms with Crippen LogP contribution in [0.5, 0.6) is 0 Å². The van der Waals surface area contributed by atoms with E-state index in [9.17, 15) is 22.4 Å². The molecule has 0 spiro atoms. The van der Waals surface area contributed by atoms with Crippen molar-refractivity contribution in [1.82, 2.24) is 15.1 Å². The molecular weight excluding hydrogens is 342 g/mol. The van der Waals surface area contributed by atoms with Crippen LogP contribution in [-0.2, 0) is 16.1 Å². The average Bonchev–Trinajstić information content (AvgIpc) is 2.74. The van der Waals surface area contributed by atoms with Crippen LogP contribution < -0.4 is 5.32 Å². The summed E-state index contributed by atoms with van der Waals surface area (Å²) in [6, 6.07) is 0. The Bertz CT molecular complexity index is 524. The van der Waals surface area contributed by atoms with Gasteiger partial charge in [-0.1, -0.05) is 11.6 Å². The molecule has 0 saturated carbocycles. The number of hydrogen-bond acceptors (Lipinski definition) is 3. The van der Waals surface area contributed by atoms with Gasteiger partial charge in [0.2, 0.25) is 5.91 Å². The van der Waals surface area contributed by atoms with Gasteiger partial charge in [-0.2, -0.15) is 5.10 Å². The number of aromatic nitrogens is 2. The van der Waals surface area contributed by atoms with E-state index in [1.54, 1.807) is 0 Å². The molecule has 0 aliphatic heterocycles. The molecule has 0 saturated heterocycles. The van der Waals surface area contributed by atoms with Gasteiger partial charge in [0, 0.05) is 13.2 Å². The minimum Gasteiger partial charge on any atom is -0.379 e. The van der Waals surface area contributed by atoms with Gasteiger partial charge >= 0.3 is 0 Å². The summed E-state index contributed by atoms with van der Waals surface area (Å²) in [5.41, 5.74) is -1.85. The highest BCUT2D eigenvalue weighted by Crippen LogP contribution is 2.34. The molecule has 0 aliphatic carbocycles. The largest absolute Gasteiger partial charge is 0.379 e. The lowest BCUT2D eigenvalue weighted by molar-refractivity contribution is -0.122. The van der Waals surface area contributed by atoms with Crippen LogP contribution >= 0.6 is 11.6 Å². The summed E-state index contributed by atoms with van der Waals surface area (Å²) in [6.45, 7) is 3.83. The molecule has 1 N–H and O–H groups in total. The Hall–Kier alpha value is -1.35. The summed E-state index contributed by atoms with van der Waals surface area (Å²) < 4.78 is 56.9. The van der Waals surface area contributed by atoms with Gasteiger partial charge < -0.3 is 10.1 Å². The monoisotopic (exact) mass is 359 g/mol. The van der Waals surface area contributed by atoms with E-state index < -0.39 is 41.7 Å². The minimum absolute atomic E-state index is 0.0679. The SMILES string of the molecule is CC(C)OCCCNC(=O)Cn1nc(C(F)F)c(Cl)c1C(F)F. The second-order valence-corrected chi connectivity index (χ2v) is 5.34. The van der Waals surface area contributed by atoms with Crippen molar-refractivity contribution in [3.63, 3.8) is 0 Å². The normalized spacial score (nSPS) is 11.7. The third kappa shape index (κ3) is 5.98. The van der Waals surface area contributed by atoms with Crippen LogP contribution in [0.3, 0.4) is 0 Å². The molecule has 1 heterocycles. The Morgan fingerprint density at radius 2 is 1.96 bits per heavy atom. The Morgan fingerprint density at radius 1 is 1.30 bits per heavy atom. The summed E-state index contributed by atoms with van der Waals surface area (Å²) in [5.74, 6) is -0.628. The molecule has 0 atom stereocenters. The topological polar surface area (TPSA) is 56.1 Å². The molecule has 0 bridgehead atoms. The predicted molar refractivity (Wildman–Crippen MR) is 75.9 cm³/mol. The van der Waals surface area contributed by atoms with E-state index in [0.29, 0.717) is 17.7 Å². The molecule has 0 aromatic carbocycles. The molecule has 0 radical (unpaired) electrons. The number of halogens is 5. The summed E-state index contributed by atoms with van der Waals surface area (Å²) in [7, 11) is 0.